The van der Waals surface area contributed by atoms with Crippen molar-refractivity contribution in [2.45, 2.75) is 150 Å². The van der Waals surface area contributed by atoms with Gasteiger partial charge in [-0.15, -0.1) is 6.92 Å². The Morgan fingerprint density at radius 3 is 1.19 bits per heavy atom. The van der Waals surface area contributed by atoms with Crippen LogP contribution < -0.4 is 0 Å². The van der Waals surface area contributed by atoms with Gasteiger partial charge in [0.1, 0.15) is 0 Å². The number of allylic oxidation sites excluding steroid dienone is 4. The van der Waals surface area contributed by atoms with E-state index < -0.39 is 0 Å². The molecule has 1 radical (unpaired) electrons. The van der Waals surface area contributed by atoms with E-state index in [9.17, 15) is 0 Å². The quantitative estimate of drug-likeness (QED) is 0.115. The number of hydrogen-bond acceptors (Lipinski definition) is 0. The predicted octanol–water partition coefficient (Wildman–Crippen LogP) is 10.5. The van der Waals surface area contributed by atoms with Crippen LogP contribution in [0.3, 0.4) is 0 Å². The van der Waals surface area contributed by atoms with E-state index >= 15 is 0 Å². The molecular weight excluding hydrogens is 438 g/mol. The predicted molar refractivity (Wildman–Crippen MR) is 148 cm³/mol. The fraction of sp³-hybridized carbons (Fsp3) is 0.862. The molecule has 0 aliphatic heterocycles. The summed E-state index contributed by atoms with van der Waals surface area (Å²) in [6.45, 7) is 16.0. The summed E-state index contributed by atoms with van der Waals surface area (Å²) in [6, 6.07) is 0. The summed E-state index contributed by atoms with van der Waals surface area (Å²) in [5.41, 5.74) is 11.3. The van der Waals surface area contributed by atoms with E-state index in [1.807, 2.05) is 0 Å². The normalized spacial score (nSPS) is 14.8. The van der Waals surface area contributed by atoms with E-state index in [0.717, 1.165) is 15.9 Å². The third-order valence-electron chi connectivity index (χ3n) is 6.27. The third-order valence-corrected chi connectivity index (χ3v) is 6.27. The Bertz CT molecular complexity index is 415. The molecule has 1 aliphatic carbocycles. The van der Waals surface area contributed by atoms with Gasteiger partial charge in [-0.2, -0.15) is 17.7 Å². The molecule has 0 heterocycles. The molecule has 0 aromatic rings. The summed E-state index contributed by atoms with van der Waals surface area (Å²) in [5.74, 6) is 0.560. The van der Waals surface area contributed by atoms with Gasteiger partial charge in [0.15, 0.2) is 0 Å². The van der Waals surface area contributed by atoms with Crippen LogP contribution >= 0.6 is 0 Å². The van der Waals surface area contributed by atoms with E-state index in [1.54, 1.807) is 0 Å². The van der Waals surface area contributed by atoms with Crippen LogP contribution in [-0.2, 0) is 21.7 Å². The molecule has 1 unspecified atom stereocenters. The van der Waals surface area contributed by atoms with Gasteiger partial charge in [0.25, 0.3) is 0 Å². The van der Waals surface area contributed by atoms with Crippen molar-refractivity contribution >= 4 is 9.52 Å². The van der Waals surface area contributed by atoms with Gasteiger partial charge in [0, 0.05) is 9.52 Å². The first-order valence-electron chi connectivity index (χ1n) is 13.6. The Labute approximate surface area is 222 Å². The average molecular weight is 497 g/mol. The van der Waals surface area contributed by atoms with E-state index in [0.29, 0.717) is 12.5 Å². The first kappa shape index (κ1) is 36.9. The van der Waals surface area contributed by atoms with Crippen molar-refractivity contribution in [3.63, 3.8) is 0 Å². The fourth-order valence-electron chi connectivity index (χ4n) is 3.83. The van der Waals surface area contributed by atoms with Crippen molar-refractivity contribution in [1.29, 1.82) is 0 Å². The minimum atomic E-state index is 0. The second-order valence-electron chi connectivity index (χ2n) is 9.43. The first-order valence-corrected chi connectivity index (χ1v) is 15.9. The summed E-state index contributed by atoms with van der Waals surface area (Å²) in [5, 5.41) is 0. The van der Waals surface area contributed by atoms with Crippen LogP contribution in [0.25, 0.3) is 5.73 Å². The molecule has 1 rings (SSSR count). The molecule has 0 amide bonds. The van der Waals surface area contributed by atoms with Crippen molar-refractivity contribution in [1.82, 2.24) is 0 Å². The van der Waals surface area contributed by atoms with E-state index in [-0.39, 0.29) is 21.7 Å². The van der Waals surface area contributed by atoms with Gasteiger partial charge in [-0.05, 0) is 0 Å². The molecule has 1 atom stereocenters. The standard InChI is InChI=1S/C18H38N.C9H13.C2H7Si.Ti/c1-2-3-4-5-6-7-8-9-10-11-12-13-14-15-16-17-18-19;1-6-5-7(2)9(4)8(6)3;1-3-2;/h19H,2-18H2,1H3;6H,1-4H3;3H,1-2H3;/q2*-1;;+2. The van der Waals surface area contributed by atoms with Crippen LogP contribution in [0.15, 0.2) is 16.7 Å². The Balaban J connectivity index is -0.000000535. The Kier molecular flexibility index (Phi) is 33.9. The number of hydrogen-bond donors (Lipinski definition) is 0. The third kappa shape index (κ3) is 25.0. The van der Waals surface area contributed by atoms with E-state index in [1.165, 1.54) is 113 Å². The summed E-state index contributed by atoms with van der Waals surface area (Å²) in [7, 11) is 0.750. The second-order valence-corrected chi connectivity index (χ2v) is 10.6. The number of rotatable bonds is 16. The van der Waals surface area contributed by atoms with Crippen LogP contribution in [0.2, 0.25) is 13.1 Å². The number of unbranched alkanes of at least 4 members (excludes halogenated alkanes) is 15. The summed E-state index contributed by atoms with van der Waals surface area (Å²) >= 11 is 0. The van der Waals surface area contributed by atoms with Crippen LogP contribution in [0, 0.1) is 12.0 Å². The van der Waals surface area contributed by atoms with Crippen molar-refractivity contribution in [2.75, 3.05) is 6.54 Å². The minimum absolute atomic E-state index is 0. The summed E-state index contributed by atoms with van der Waals surface area (Å²) in [6.07, 6.45) is 25.9. The zero-order valence-electron chi connectivity index (χ0n) is 23.2. The summed E-state index contributed by atoms with van der Waals surface area (Å²) in [4.78, 5) is 0. The van der Waals surface area contributed by atoms with Crippen molar-refractivity contribution in [3.05, 3.63) is 28.5 Å². The van der Waals surface area contributed by atoms with Gasteiger partial charge in [-0.1, -0.05) is 149 Å². The molecule has 32 heavy (non-hydrogen) atoms. The maximum Gasteiger partial charge on any atom is 2.00 e. The molecule has 3 heteroatoms. The molecule has 0 aromatic carbocycles. The van der Waals surface area contributed by atoms with E-state index in [4.69, 9.17) is 5.73 Å². The SMILES string of the molecule is CC1=[C-]C(C)C(C)=C1C.CCCCCCCCCCCCCCCCCC[NH-].C[SiH]C.[Ti+2]. The van der Waals surface area contributed by atoms with Crippen molar-refractivity contribution in [2.24, 2.45) is 5.92 Å². The summed E-state index contributed by atoms with van der Waals surface area (Å²) < 4.78 is 0. The Morgan fingerprint density at radius 2 is 1.00 bits per heavy atom. The van der Waals surface area contributed by atoms with Gasteiger partial charge in [0.05, 0.1) is 0 Å². The van der Waals surface area contributed by atoms with Crippen molar-refractivity contribution in [3.8, 4) is 0 Å². The second kappa shape index (κ2) is 29.4. The smallest absolute Gasteiger partial charge is 0.677 e. The maximum atomic E-state index is 7.08. The molecule has 1 N–H and O–H groups in total. The Hall–Kier alpha value is 0.371. The molecule has 0 aromatic heterocycles. The molecule has 0 bridgehead atoms. The monoisotopic (exact) mass is 496 g/mol. The minimum Gasteiger partial charge on any atom is -0.677 e. The van der Waals surface area contributed by atoms with Gasteiger partial charge in [-0.25, -0.2) is 5.57 Å². The molecule has 0 fully saturated rings. The molecule has 187 valence electrons. The largest absolute Gasteiger partial charge is 2.00 e. The first-order chi connectivity index (χ1) is 15.0. The maximum absolute atomic E-state index is 7.08. The molecular formula is C29H58NSiTi. The molecule has 0 spiro atoms. The van der Waals surface area contributed by atoms with Gasteiger partial charge in [0.2, 0.25) is 0 Å². The Morgan fingerprint density at radius 1 is 0.688 bits per heavy atom. The topological polar surface area (TPSA) is 23.8 Å². The van der Waals surface area contributed by atoms with Gasteiger partial charge < -0.3 is 5.73 Å². The number of nitrogens with one attached hydrogen (secondary N) is 1. The van der Waals surface area contributed by atoms with Gasteiger partial charge >= 0.3 is 21.7 Å². The van der Waals surface area contributed by atoms with Crippen LogP contribution in [0.1, 0.15) is 137 Å². The van der Waals surface area contributed by atoms with Crippen LogP contribution in [0.4, 0.5) is 0 Å². The van der Waals surface area contributed by atoms with E-state index in [2.05, 4.69) is 53.8 Å². The zero-order chi connectivity index (χ0) is 23.7. The fourth-order valence-corrected chi connectivity index (χ4v) is 3.83. The average Bonchev–Trinajstić information content (AvgIpc) is 2.97. The molecule has 1 nitrogen and oxygen atoms in total. The molecule has 0 saturated heterocycles. The van der Waals surface area contributed by atoms with Gasteiger partial charge in [-0.3, -0.25) is 6.08 Å². The molecule has 1 aliphatic rings. The molecule has 0 saturated carbocycles. The van der Waals surface area contributed by atoms with Crippen molar-refractivity contribution < 1.29 is 21.7 Å². The van der Waals surface area contributed by atoms with Crippen LogP contribution in [0.5, 0.6) is 0 Å². The van der Waals surface area contributed by atoms with Crippen LogP contribution in [-0.4, -0.2) is 16.1 Å². The zero-order valence-corrected chi connectivity index (χ0v) is 25.9.